The van der Waals surface area contributed by atoms with Crippen molar-refractivity contribution < 1.29 is 23.9 Å². The summed E-state index contributed by atoms with van der Waals surface area (Å²) in [5.41, 5.74) is 7.99. The topological polar surface area (TPSA) is 105 Å². The van der Waals surface area contributed by atoms with E-state index in [1.807, 2.05) is 43.0 Å². The highest BCUT2D eigenvalue weighted by molar-refractivity contribution is 8.01. The molecule has 224 valence electrons. The van der Waals surface area contributed by atoms with Crippen molar-refractivity contribution in [3.05, 3.63) is 64.7 Å². The molecule has 41 heavy (non-hydrogen) atoms. The van der Waals surface area contributed by atoms with E-state index in [9.17, 15) is 14.4 Å². The third-order valence-electron chi connectivity index (χ3n) is 6.79. The largest absolute Gasteiger partial charge is 0.468 e. The number of ether oxygens (including phenoxy) is 2. The molecule has 2 aromatic rings. The molecule has 2 aromatic carbocycles. The number of thioether (sulfide) groups is 1. The molecule has 1 atom stereocenters. The molecule has 0 aromatic heterocycles. The quantitative estimate of drug-likeness (QED) is 0.259. The number of benzene rings is 2. The lowest BCUT2D eigenvalue weighted by Gasteiger charge is -2.35. The maximum absolute atomic E-state index is 13.5. The van der Waals surface area contributed by atoms with Gasteiger partial charge in [-0.1, -0.05) is 23.7 Å². The number of esters is 1. The van der Waals surface area contributed by atoms with Gasteiger partial charge in [-0.3, -0.25) is 19.3 Å². The van der Waals surface area contributed by atoms with E-state index < -0.39 is 17.1 Å². The van der Waals surface area contributed by atoms with Crippen molar-refractivity contribution in [3.63, 3.8) is 0 Å². The zero-order valence-corrected chi connectivity index (χ0v) is 25.7. The number of rotatable bonds is 14. The molecule has 0 saturated carbocycles. The van der Waals surface area contributed by atoms with E-state index in [0.29, 0.717) is 43.2 Å². The van der Waals surface area contributed by atoms with Crippen molar-refractivity contribution in [2.24, 2.45) is 5.73 Å². The van der Waals surface area contributed by atoms with Crippen LogP contribution in [0.1, 0.15) is 29.8 Å². The summed E-state index contributed by atoms with van der Waals surface area (Å²) in [4.78, 5) is 44.9. The zero-order valence-electron chi connectivity index (χ0n) is 24.1. The lowest BCUT2D eigenvalue weighted by atomic mass is 10.1. The van der Waals surface area contributed by atoms with Gasteiger partial charge >= 0.3 is 5.97 Å². The van der Waals surface area contributed by atoms with Crippen molar-refractivity contribution in [3.8, 4) is 0 Å². The van der Waals surface area contributed by atoms with Crippen molar-refractivity contribution in [2.75, 3.05) is 70.2 Å². The minimum absolute atomic E-state index is 0.00660. The lowest BCUT2D eigenvalue weighted by Crippen LogP contribution is -2.49. The van der Waals surface area contributed by atoms with Crippen molar-refractivity contribution in [1.29, 1.82) is 0 Å². The standard InChI is InChI=1S/C30H41ClN4O5S/c1-22(2)40-20-19-35(29(37)27(30(38)39-3)41-21-13-32)26-10-6-24(7-11-26)28(36)34-17-15-33(16-18-34)14-12-23-4-8-25(31)9-5-23/h4-11,22,27H,12-21,32H2,1-3H3/t27-/m1/s1. The van der Waals surface area contributed by atoms with Gasteiger partial charge in [-0.25, -0.2) is 0 Å². The number of hydrogen-bond donors (Lipinski definition) is 1. The summed E-state index contributed by atoms with van der Waals surface area (Å²) >= 11 is 7.13. The van der Waals surface area contributed by atoms with Crippen LogP contribution in [0.25, 0.3) is 0 Å². The number of anilines is 1. The Morgan fingerprint density at radius 3 is 2.27 bits per heavy atom. The van der Waals surface area contributed by atoms with Crippen LogP contribution in [-0.4, -0.2) is 104 Å². The smallest absolute Gasteiger partial charge is 0.328 e. The zero-order chi connectivity index (χ0) is 29.8. The van der Waals surface area contributed by atoms with Gasteiger partial charge in [-0.2, -0.15) is 0 Å². The van der Waals surface area contributed by atoms with E-state index in [-0.39, 0.29) is 18.6 Å². The Bertz CT molecular complexity index is 1120. The Morgan fingerprint density at radius 1 is 1.02 bits per heavy atom. The minimum atomic E-state index is -1.04. The highest BCUT2D eigenvalue weighted by Crippen LogP contribution is 2.23. The monoisotopic (exact) mass is 604 g/mol. The molecule has 1 fully saturated rings. The van der Waals surface area contributed by atoms with Gasteiger partial charge in [-0.15, -0.1) is 11.8 Å². The molecule has 1 aliphatic rings. The van der Waals surface area contributed by atoms with E-state index in [1.165, 1.54) is 17.6 Å². The third-order valence-corrected chi connectivity index (χ3v) is 8.24. The normalized spacial score (nSPS) is 14.6. The molecule has 0 aliphatic carbocycles. The predicted octanol–water partition coefficient (Wildman–Crippen LogP) is 3.33. The van der Waals surface area contributed by atoms with E-state index >= 15 is 0 Å². The van der Waals surface area contributed by atoms with Gasteiger partial charge in [0.2, 0.25) is 0 Å². The Labute approximate surface area is 252 Å². The summed E-state index contributed by atoms with van der Waals surface area (Å²) in [5, 5.41) is -0.305. The first kappa shape index (κ1) is 32.9. The van der Waals surface area contributed by atoms with E-state index in [2.05, 4.69) is 4.90 Å². The maximum atomic E-state index is 13.5. The molecule has 0 bridgehead atoms. The summed E-state index contributed by atoms with van der Waals surface area (Å²) in [7, 11) is 1.26. The number of nitrogens with two attached hydrogens (primary N) is 1. The fraction of sp³-hybridized carbons (Fsp3) is 0.500. The van der Waals surface area contributed by atoms with Gasteiger partial charge in [0.25, 0.3) is 11.8 Å². The summed E-state index contributed by atoms with van der Waals surface area (Å²) in [6.07, 6.45) is 0.929. The van der Waals surface area contributed by atoms with Crippen molar-refractivity contribution in [2.45, 2.75) is 31.6 Å². The van der Waals surface area contributed by atoms with E-state index in [4.69, 9.17) is 26.8 Å². The van der Waals surface area contributed by atoms with Crippen LogP contribution in [0.5, 0.6) is 0 Å². The molecule has 11 heteroatoms. The second kappa shape index (κ2) is 16.7. The molecule has 1 saturated heterocycles. The first-order chi connectivity index (χ1) is 19.7. The Kier molecular flexibility index (Phi) is 13.4. The molecule has 2 N–H and O–H groups in total. The molecule has 1 heterocycles. The van der Waals surface area contributed by atoms with Gasteiger partial charge in [0.05, 0.1) is 19.8 Å². The Morgan fingerprint density at radius 2 is 1.68 bits per heavy atom. The second-order valence-corrected chi connectivity index (χ2v) is 11.7. The minimum Gasteiger partial charge on any atom is -0.468 e. The molecule has 0 unspecified atom stereocenters. The number of hydrogen-bond acceptors (Lipinski definition) is 8. The number of nitrogens with zero attached hydrogens (tertiary/aromatic N) is 3. The summed E-state index contributed by atoms with van der Waals surface area (Å²) in [5.74, 6) is -0.636. The molecule has 2 amide bonds. The Hall–Kier alpha value is -2.63. The molecule has 1 aliphatic heterocycles. The maximum Gasteiger partial charge on any atom is 0.328 e. The summed E-state index contributed by atoms with van der Waals surface area (Å²) < 4.78 is 10.6. The molecule has 0 radical (unpaired) electrons. The number of carbonyl (C=O) groups is 3. The van der Waals surface area contributed by atoms with Gasteiger partial charge in [0.15, 0.2) is 5.25 Å². The summed E-state index contributed by atoms with van der Waals surface area (Å²) in [6, 6.07) is 14.9. The average Bonchev–Trinajstić information content (AvgIpc) is 2.99. The average molecular weight is 605 g/mol. The fourth-order valence-electron chi connectivity index (χ4n) is 4.50. The number of piperazine rings is 1. The highest BCUT2D eigenvalue weighted by Gasteiger charge is 2.33. The SMILES string of the molecule is COC(=O)[C@H](SCCN)C(=O)N(CCOC(C)C)c1ccc(C(=O)N2CCN(CCc3ccc(Cl)cc3)CC2)cc1. The van der Waals surface area contributed by atoms with E-state index in [1.54, 1.807) is 24.3 Å². The van der Waals surface area contributed by atoms with Crippen LogP contribution in [-0.2, 0) is 25.5 Å². The van der Waals surface area contributed by atoms with Gasteiger partial charge in [0.1, 0.15) is 0 Å². The fourth-order valence-corrected chi connectivity index (χ4v) is 5.50. The highest BCUT2D eigenvalue weighted by atomic mass is 35.5. The van der Waals surface area contributed by atoms with Crippen molar-refractivity contribution in [1.82, 2.24) is 9.80 Å². The van der Waals surface area contributed by atoms with E-state index in [0.717, 1.165) is 42.8 Å². The number of carbonyl (C=O) groups excluding carboxylic acids is 3. The van der Waals surface area contributed by atoms with Crippen LogP contribution >= 0.6 is 23.4 Å². The van der Waals surface area contributed by atoms with Gasteiger partial charge < -0.3 is 25.0 Å². The first-order valence-corrected chi connectivity index (χ1v) is 15.3. The Balaban J connectivity index is 1.63. The molecule has 3 rings (SSSR count). The molecule has 9 nitrogen and oxygen atoms in total. The second-order valence-electron chi connectivity index (χ2n) is 10.0. The van der Waals surface area contributed by atoms with Crippen LogP contribution < -0.4 is 10.6 Å². The third kappa shape index (κ3) is 10.0. The summed E-state index contributed by atoms with van der Waals surface area (Å²) in [6.45, 7) is 8.56. The van der Waals surface area contributed by atoms with Crippen LogP contribution in [0.3, 0.4) is 0 Å². The number of halogens is 1. The van der Waals surface area contributed by atoms with Crippen LogP contribution in [0.4, 0.5) is 5.69 Å². The van der Waals surface area contributed by atoms with Crippen LogP contribution in [0.2, 0.25) is 5.02 Å². The van der Waals surface area contributed by atoms with Crippen LogP contribution in [0, 0.1) is 0 Å². The lowest BCUT2D eigenvalue weighted by molar-refractivity contribution is -0.142. The number of methoxy groups -OCH3 is 1. The predicted molar refractivity (Wildman–Crippen MR) is 165 cm³/mol. The first-order valence-electron chi connectivity index (χ1n) is 13.9. The van der Waals surface area contributed by atoms with Gasteiger partial charge in [-0.05, 0) is 62.2 Å². The van der Waals surface area contributed by atoms with Crippen molar-refractivity contribution >= 4 is 46.8 Å². The van der Waals surface area contributed by atoms with Gasteiger partial charge in [0, 0.05) is 67.8 Å². The number of amides is 2. The molecular formula is C30H41ClN4O5S. The molecular weight excluding hydrogens is 564 g/mol. The van der Waals surface area contributed by atoms with Crippen LogP contribution in [0.15, 0.2) is 48.5 Å². The molecule has 0 spiro atoms.